The number of aromatic nitrogens is 4. The van der Waals surface area contributed by atoms with Crippen LogP contribution in [0.4, 0.5) is 0 Å². The van der Waals surface area contributed by atoms with E-state index >= 15 is 0 Å². The summed E-state index contributed by atoms with van der Waals surface area (Å²) in [6.07, 6.45) is 5.21. The lowest BCUT2D eigenvalue weighted by atomic mass is 10.2. The van der Waals surface area contributed by atoms with Gasteiger partial charge in [-0.3, -0.25) is 9.78 Å². The van der Waals surface area contributed by atoms with E-state index in [9.17, 15) is 4.79 Å². The van der Waals surface area contributed by atoms with Gasteiger partial charge >= 0.3 is 0 Å². The molecule has 0 bridgehead atoms. The smallest absolute Gasteiger partial charge is 0.291 e. The van der Waals surface area contributed by atoms with Crippen molar-refractivity contribution in [3.05, 3.63) is 105 Å². The lowest BCUT2D eigenvalue weighted by Crippen LogP contribution is -2.23. The molecule has 0 saturated heterocycles. The second-order valence-electron chi connectivity index (χ2n) is 6.63. The van der Waals surface area contributed by atoms with Crippen LogP contribution in [0.25, 0.3) is 22.4 Å². The van der Waals surface area contributed by atoms with E-state index < -0.39 is 0 Å². The van der Waals surface area contributed by atoms with Gasteiger partial charge in [-0.2, -0.15) is 9.50 Å². The highest BCUT2D eigenvalue weighted by Crippen LogP contribution is 2.16. The van der Waals surface area contributed by atoms with Crippen molar-refractivity contribution in [1.82, 2.24) is 19.6 Å². The summed E-state index contributed by atoms with van der Waals surface area (Å²) in [6, 6.07) is 21.3. The highest BCUT2D eigenvalue weighted by atomic mass is 32.1. The molecular weight excluding hydrogens is 396 g/mol. The van der Waals surface area contributed by atoms with Crippen LogP contribution < -0.4 is 14.8 Å². The van der Waals surface area contributed by atoms with Crippen LogP contribution in [-0.2, 0) is 6.61 Å². The van der Waals surface area contributed by atoms with E-state index in [4.69, 9.17) is 4.74 Å². The van der Waals surface area contributed by atoms with Crippen LogP contribution in [0.5, 0.6) is 5.75 Å². The molecule has 0 N–H and O–H groups in total. The van der Waals surface area contributed by atoms with Crippen molar-refractivity contribution in [1.29, 1.82) is 0 Å². The average molecular weight is 412 g/mol. The number of hydrogen-bond acceptors (Lipinski definition) is 6. The molecule has 3 heterocycles. The molecule has 5 aromatic rings. The lowest BCUT2D eigenvalue weighted by molar-refractivity contribution is 0.306. The molecule has 0 radical (unpaired) electrons. The molecule has 0 aliphatic rings. The highest BCUT2D eigenvalue weighted by Gasteiger charge is 2.11. The molecule has 0 aliphatic heterocycles. The topological polar surface area (TPSA) is 69.4 Å². The Labute approximate surface area is 175 Å². The molecule has 30 heavy (non-hydrogen) atoms. The Hall–Kier alpha value is -3.84. The van der Waals surface area contributed by atoms with Crippen molar-refractivity contribution in [2.75, 3.05) is 0 Å². The fourth-order valence-electron chi connectivity index (χ4n) is 3.00. The van der Waals surface area contributed by atoms with Crippen LogP contribution in [0.15, 0.2) is 83.9 Å². The van der Waals surface area contributed by atoms with E-state index in [0.29, 0.717) is 21.9 Å². The first-order chi connectivity index (χ1) is 14.8. The van der Waals surface area contributed by atoms with Gasteiger partial charge in [-0.05, 0) is 41.5 Å². The monoisotopic (exact) mass is 412 g/mol. The number of pyridine rings is 1. The molecule has 0 fully saturated rings. The number of benzene rings is 2. The van der Waals surface area contributed by atoms with Gasteiger partial charge in [-0.15, -0.1) is 5.10 Å². The molecule has 0 saturated carbocycles. The minimum absolute atomic E-state index is 0.179. The van der Waals surface area contributed by atoms with E-state index in [2.05, 4.69) is 15.1 Å². The normalized spacial score (nSPS) is 11.8. The molecule has 2 aromatic carbocycles. The van der Waals surface area contributed by atoms with E-state index in [0.717, 1.165) is 22.4 Å². The minimum Gasteiger partial charge on any atom is -0.489 e. The largest absolute Gasteiger partial charge is 0.489 e. The zero-order valence-corrected chi connectivity index (χ0v) is 16.6. The summed E-state index contributed by atoms with van der Waals surface area (Å²) in [5.74, 6) is 1.28. The van der Waals surface area contributed by atoms with Crippen LogP contribution in [0.3, 0.4) is 0 Å². The van der Waals surface area contributed by atoms with Gasteiger partial charge in [-0.25, -0.2) is 0 Å². The van der Waals surface area contributed by atoms with Crippen LogP contribution in [0, 0.1) is 0 Å². The van der Waals surface area contributed by atoms with Crippen molar-refractivity contribution in [3.8, 4) is 17.1 Å². The van der Waals surface area contributed by atoms with Gasteiger partial charge in [0.15, 0.2) is 5.82 Å². The molecule has 0 unspecified atom stereocenters. The van der Waals surface area contributed by atoms with Crippen molar-refractivity contribution < 1.29 is 4.74 Å². The zero-order chi connectivity index (χ0) is 20.3. The first-order valence-corrected chi connectivity index (χ1v) is 10.2. The van der Waals surface area contributed by atoms with Gasteiger partial charge in [0.25, 0.3) is 5.56 Å². The van der Waals surface area contributed by atoms with Crippen LogP contribution in [-0.4, -0.2) is 19.6 Å². The van der Waals surface area contributed by atoms with Gasteiger partial charge in [0.05, 0.1) is 4.53 Å². The summed E-state index contributed by atoms with van der Waals surface area (Å²) in [7, 11) is 0. The summed E-state index contributed by atoms with van der Waals surface area (Å²) < 4.78 is 7.74. The van der Waals surface area contributed by atoms with Crippen LogP contribution in [0.1, 0.15) is 11.1 Å². The predicted octanol–water partition coefficient (Wildman–Crippen LogP) is 3.34. The lowest BCUT2D eigenvalue weighted by Gasteiger charge is -2.06. The van der Waals surface area contributed by atoms with Crippen LogP contribution in [0.2, 0.25) is 0 Å². The first-order valence-electron chi connectivity index (χ1n) is 9.35. The molecule has 6 nitrogen and oxygen atoms in total. The maximum Gasteiger partial charge on any atom is 0.291 e. The number of fused-ring (bicyclic) bond motifs is 1. The van der Waals surface area contributed by atoms with Gasteiger partial charge in [-0.1, -0.05) is 53.8 Å². The Morgan fingerprint density at radius 1 is 1.00 bits per heavy atom. The Morgan fingerprint density at radius 2 is 1.83 bits per heavy atom. The number of thiazole rings is 1. The quantitative estimate of drug-likeness (QED) is 0.443. The van der Waals surface area contributed by atoms with Gasteiger partial charge in [0, 0.05) is 18.0 Å². The highest BCUT2D eigenvalue weighted by molar-refractivity contribution is 7.15. The Bertz CT molecular complexity index is 1400. The summed E-state index contributed by atoms with van der Waals surface area (Å²) in [6.45, 7) is 0.516. The molecule has 0 atom stereocenters. The number of hydrogen-bond donors (Lipinski definition) is 0. The van der Waals surface area contributed by atoms with E-state index in [1.165, 1.54) is 15.9 Å². The summed E-state index contributed by atoms with van der Waals surface area (Å²) >= 11 is 1.32. The third kappa shape index (κ3) is 3.70. The molecule has 5 rings (SSSR count). The third-order valence-corrected chi connectivity index (χ3v) is 5.49. The van der Waals surface area contributed by atoms with Crippen molar-refractivity contribution in [2.45, 2.75) is 6.61 Å². The van der Waals surface area contributed by atoms with Gasteiger partial charge in [0.2, 0.25) is 4.96 Å². The fourth-order valence-corrected chi connectivity index (χ4v) is 3.91. The molecule has 0 amide bonds. The van der Waals surface area contributed by atoms with Gasteiger partial charge in [0.1, 0.15) is 12.4 Å². The molecular formula is C23H16N4O2S. The summed E-state index contributed by atoms with van der Waals surface area (Å²) in [4.78, 5) is 21.8. The third-order valence-electron chi connectivity index (χ3n) is 4.53. The van der Waals surface area contributed by atoms with Crippen molar-refractivity contribution >= 4 is 22.4 Å². The van der Waals surface area contributed by atoms with E-state index in [-0.39, 0.29) is 5.56 Å². The number of ether oxygens (including phenoxy) is 1. The standard InChI is InChI=1S/C23H16N4O2S/c28-22-20(30-23-25-21(26-27(22)23)18-7-4-12-24-14-18)13-16-8-10-19(11-9-16)29-15-17-5-2-1-3-6-17/h1-14H,15H2/b20-13+. The maximum atomic E-state index is 12.7. The second kappa shape index (κ2) is 7.88. The van der Waals surface area contributed by atoms with Crippen molar-refractivity contribution in [2.24, 2.45) is 0 Å². The van der Waals surface area contributed by atoms with Crippen molar-refractivity contribution in [3.63, 3.8) is 0 Å². The SMILES string of the molecule is O=c1/c(=C\c2ccc(OCc3ccccc3)cc2)sc2nc(-c3cccnc3)nn12. The molecule has 0 aliphatic carbocycles. The zero-order valence-electron chi connectivity index (χ0n) is 15.8. The summed E-state index contributed by atoms with van der Waals surface area (Å²) in [5.41, 5.74) is 2.63. The predicted molar refractivity (Wildman–Crippen MR) is 116 cm³/mol. The van der Waals surface area contributed by atoms with Crippen LogP contribution >= 0.6 is 11.3 Å². The first kappa shape index (κ1) is 18.2. The maximum absolute atomic E-state index is 12.7. The Morgan fingerprint density at radius 3 is 2.57 bits per heavy atom. The molecule has 146 valence electrons. The Balaban J connectivity index is 1.37. The van der Waals surface area contributed by atoms with E-state index in [1.54, 1.807) is 12.4 Å². The van der Waals surface area contributed by atoms with Gasteiger partial charge < -0.3 is 4.74 Å². The Kier molecular flexibility index (Phi) is 4.78. The average Bonchev–Trinajstić information content (AvgIpc) is 3.34. The fraction of sp³-hybridized carbons (Fsp3) is 0.0435. The molecule has 3 aromatic heterocycles. The molecule has 7 heteroatoms. The number of nitrogens with zero attached hydrogens (tertiary/aromatic N) is 4. The molecule has 0 spiro atoms. The van der Waals surface area contributed by atoms with E-state index in [1.807, 2.05) is 72.8 Å². The second-order valence-corrected chi connectivity index (χ2v) is 7.64. The minimum atomic E-state index is -0.179. The number of rotatable bonds is 5. The summed E-state index contributed by atoms with van der Waals surface area (Å²) in [5, 5.41) is 4.34.